The van der Waals surface area contributed by atoms with Gasteiger partial charge >= 0.3 is 5.97 Å². The predicted octanol–water partition coefficient (Wildman–Crippen LogP) is 2.99. The number of benzene rings is 1. The number of nitrogens with zero attached hydrogens (tertiary/aromatic N) is 2. The Balaban J connectivity index is 1.53. The standard InChI is InChI=1S/C19H19N3O3/c1-12-2-7-18(25-12)14-5-3-13(4-6-14)9-22-10-16-15(20-11-21-16)8-17(22)19(23)24/h2-7,11,17H,8-10H2,1H3,(H,20,21)(H,23,24)/t17-/m0/s1. The highest BCUT2D eigenvalue weighted by Crippen LogP contribution is 2.25. The monoisotopic (exact) mass is 337 g/mol. The zero-order valence-electron chi connectivity index (χ0n) is 13.9. The van der Waals surface area contributed by atoms with E-state index in [2.05, 4.69) is 9.97 Å². The Hall–Kier alpha value is -2.86. The van der Waals surface area contributed by atoms with Gasteiger partial charge in [-0.1, -0.05) is 24.3 Å². The van der Waals surface area contributed by atoms with Crippen molar-refractivity contribution in [3.05, 3.63) is 65.4 Å². The van der Waals surface area contributed by atoms with Crippen molar-refractivity contribution >= 4 is 5.97 Å². The molecule has 0 bridgehead atoms. The van der Waals surface area contributed by atoms with Crippen molar-refractivity contribution in [2.75, 3.05) is 0 Å². The summed E-state index contributed by atoms with van der Waals surface area (Å²) in [5.41, 5.74) is 3.94. The van der Waals surface area contributed by atoms with Crippen LogP contribution in [0.3, 0.4) is 0 Å². The van der Waals surface area contributed by atoms with Gasteiger partial charge in [-0.05, 0) is 24.6 Å². The Morgan fingerprint density at radius 1 is 1.32 bits per heavy atom. The summed E-state index contributed by atoms with van der Waals surface area (Å²) in [6.07, 6.45) is 2.06. The number of aryl methyl sites for hydroxylation is 1. The Morgan fingerprint density at radius 3 is 2.80 bits per heavy atom. The normalized spacial score (nSPS) is 17.4. The number of carboxylic acid groups (broad SMARTS) is 1. The fourth-order valence-corrected chi connectivity index (χ4v) is 3.30. The molecule has 1 atom stereocenters. The van der Waals surface area contributed by atoms with Gasteiger partial charge in [0.25, 0.3) is 0 Å². The van der Waals surface area contributed by atoms with Crippen LogP contribution in [0.4, 0.5) is 0 Å². The molecule has 0 spiro atoms. The molecule has 0 amide bonds. The van der Waals surface area contributed by atoms with E-state index in [1.54, 1.807) is 6.33 Å². The third-order valence-electron chi connectivity index (χ3n) is 4.65. The minimum absolute atomic E-state index is 0.428. The first-order valence-corrected chi connectivity index (χ1v) is 8.24. The van der Waals surface area contributed by atoms with Crippen LogP contribution in [0, 0.1) is 6.92 Å². The average molecular weight is 337 g/mol. The second-order valence-corrected chi connectivity index (χ2v) is 6.40. The summed E-state index contributed by atoms with van der Waals surface area (Å²) in [6.45, 7) is 3.06. The van der Waals surface area contributed by atoms with Gasteiger partial charge in [0.15, 0.2) is 0 Å². The maximum atomic E-state index is 11.6. The number of furan rings is 1. The first-order valence-electron chi connectivity index (χ1n) is 8.24. The highest BCUT2D eigenvalue weighted by molar-refractivity contribution is 5.74. The average Bonchev–Trinajstić information content (AvgIpc) is 3.23. The molecule has 0 radical (unpaired) electrons. The van der Waals surface area contributed by atoms with Crippen LogP contribution in [0.2, 0.25) is 0 Å². The van der Waals surface area contributed by atoms with Crippen LogP contribution in [0.1, 0.15) is 22.7 Å². The van der Waals surface area contributed by atoms with Crippen molar-refractivity contribution < 1.29 is 14.3 Å². The number of hydrogen-bond acceptors (Lipinski definition) is 4. The number of aromatic nitrogens is 2. The van der Waals surface area contributed by atoms with Gasteiger partial charge in [-0.3, -0.25) is 9.69 Å². The van der Waals surface area contributed by atoms with Crippen molar-refractivity contribution in [3.8, 4) is 11.3 Å². The lowest BCUT2D eigenvalue weighted by Crippen LogP contribution is -2.45. The second-order valence-electron chi connectivity index (χ2n) is 6.40. The van der Waals surface area contributed by atoms with Crippen molar-refractivity contribution in [2.45, 2.75) is 32.5 Å². The lowest BCUT2D eigenvalue weighted by molar-refractivity contribution is -0.144. The lowest BCUT2D eigenvalue weighted by atomic mass is 10.0. The molecule has 6 heteroatoms. The van der Waals surface area contributed by atoms with Gasteiger partial charge in [0.05, 0.1) is 17.7 Å². The van der Waals surface area contributed by atoms with E-state index in [1.807, 2.05) is 48.2 Å². The summed E-state index contributed by atoms with van der Waals surface area (Å²) in [4.78, 5) is 20.9. The van der Waals surface area contributed by atoms with Gasteiger partial charge in [0.2, 0.25) is 0 Å². The Labute approximate surface area is 145 Å². The smallest absolute Gasteiger partial charge is 0.321 e. The van der Waals surface area contributed by atoms with Crippen LogP contribution < -0.4 is 0 Å². The van der Waals surface area contributed by atoms with E-state index in [4.69, 9.17) is 4.42 Å². The van der Waals surface area contributed by atoms with Gasteiger partial charge in [-0.15, -0.1) is 0 Å². The van der Waals surface area contributed by atoms with Crippen molar-refractivity contribution in [2.24, 2.45) is 0 Å². The molecule has 3 heterocycles. The second kappa shape index (κ2) is 6.22. The summed E-state index contributed by atoms with van der Waals surface area (Å²) in [7, 11) is 0. The molecule has 4 rings (SSSR count). The van der Waals surface area contributed by atoms with Gasteiger partial charge in [0.1, 0.15) is 17.6 Å². The van der Waals surface area contributed by atoms with Crippen LogP contribution in [0.25, 0.3) is 11.3 Å². The summed E-state index contributed by atoms with van der Waals surface area (Å²) >= 11 is 0. The minimum atomic E-state index is -0.809. The number of imidazole rings is 1. The predicted molar refractivity (Wildman–Crippen MR) is 91.8 cm³/mol. The molecule has 0 fully saturated rings. The molecule has 0 saturated heterocycles. The van der Waals surface area contributed by atoms with Crippen LogP contribution in [-0.4, -0.2) is 32.0 Å². The van der Waals surface area contributed by atoms with E-state index in [0.29, 0.717) is 19.5 Å². The van der Waals surface area contributed by atoms with Crippen molar-refractivity contribution in [3.63, 3.8) is 0 Å². The van der Waals surface area contributed by atoms with Crippen molar-refractivity contribution in [1.82, 2.24) is 14.9 Å². The molecule has 6 nitrogen and oxygen atoms in total. The molecule has 0 aliphatic carbocycles. The maximum absolute atomic E-state index is 11.6. The van der Waals surface area contributed by atoms with Gasteiger partial charge < -0.3 is 14.5 Å². The van der Waals surface area contributed by atoms with Gasteiger partial charge in [0, 0.05) is 25.1 Å². The first-order chi connectivity index (χ1) is 12.1. The Morgan fingerprint density at radius 2 is 2.12 bits per heavy atom. The lowest BCUT2D eigenvalue weighted by Gasteiger charge is -2.32. The molecule has 3 aromatic rings. The third-order valence-corrected chi connectivity index (χ3v) is 4.65. The molecule has 128 valence electrons. The molecular formula is C19H19N3O3. The third kappa shape index (κ3) is 3.08. The minimum Gasteiger partial charge on any atom is -0.480 e. The van der Waals surface area contributed by atoms with E-state index < -0.39 is 12.0 Å². The topological polar surface area (TPSA) is 82.4 Å². The van der Waals surface area contributed by atoms with E-state index in [9.17, 15) is 9.90 Å². The highest BCUT2D eigenvalue weighted by Gasteiger charge is 2.32. The maximum Gasteiger partial charge on any atom is 0.321 e. The number of rotatable bonds is 4. The Bertz CT molecular complexity index is 895. The van der Waals surface area contributed by atoms with Crippen LogP contribution >= 0.6 is 0 Å². The van der Waals surface area contributed by atoms with Gasteiger partial charge in [-0.2, -0.15) is 0 Å². The van der Waals surface area contributed by atoms with E-state index in [1.165, 1.54) is 0 Å². The summed E-state index contributed by atoms with van der Waals surface area (Å²) in [6, 6.07) is 11.4. The molecule has 1 aromatic carbocycles. The highest BCUT2D eigenvalue weighted by atomic mass is 16.4. The largest absolute Gasteiger partial charge is 0.480 e. The molecule has 0 unspecified atom stereocenters. The number of hydrogen-bond donors (Lipinski definition) is 2. The number of H-pyrrole nitrogens is 1. The van der Waals surface area contributed by atoms with Gasteiger partial charge in [-0.25, -0.2) is 4.98 Å². The zero-order valence-corrected chi connectivity index (χ0v) is 13.9. The number of nitrogens with one attached hydrogen (secondary N) is 1. The molecule has 2 N–H and O–H groups in total. The first kappa shape index (κ1) is 15.7. The zero-order chi connectivity index (χ0) is 17.4. The summed E-state index contributed by atoms with van der Waals surface area (Å²) < 4.78 is 5.64. The number of carboxylic acids is 1. The SMILES string of the molecule is Cc1ccc(-c2ccc(CN3Cc4[nH]cnc4C[C@H]3C(=O)O)cc2)o1. The summed E-state index contributed by atoms with van der Waals surface area (Å²) in [5, 5.41) is 9.55. The molecule has 0 saturated carbocycles. The number of fused-ring (bicyclic) bond motifs is 1. The van der Waals surface area contributed by atoms with E-state index >= 15 is 0 Å². The van der Waals surface area contributed by atoms with E-state index in [-0.39, 0.29) is 0 Å². The number of aliphatic carboxylic acids is 1. The van der Waals surface area contributed by atoms with E-state index in [0.717, 1.165) is 34.0 Å². The molecular weight excluding hydrogens is 318 g/mol. The number of aromatic amines is 1. The van der Waals surface area contributed by atoms with Crippen LogP contribution in [0.5, 0.6) is 0 Å². The number of carbonyl (C=O) groups is 1. The summed E-state index contributed by atoms with van der Waals surface area (Å²) in [5.74, 6) is 0.913. The molecule has 1 aliphatic heterocycles. The molecule has 1 aliphatic rings. The molecule has 25 heavy (non-hydrogen) atoms. The molecule has 2 aromatic heterocycles. The quantitative estimate of drug-likeness (QED) is 0.765. The fourth-order valence-electron chi connectivity index (χ4n) is 3.30. The van der Waals surface area contributed by atoms with Crippen LogP contribution in [0.15, 0.2) is 47.1 Å². The Kier molecular flexibility index (Phi) is 3.89. The van der Waals surface area contributed by atoms with Crippen molar-refractivity contribution in [1.29, 1.82) is 0 Å². The van der Waals surface area contributed by atoms with Crippen LogP contribution in [-0.2, 0) is 24.3 Å². The fraction of sp³-hybridized carbons (Fsp3) is 0.263.